The molecule has 0 aliphatic carbocycles. The smallest absolute Gasteiger partial charge is 0.168 e. The first kappa shape index (κ1) is 10.9. The Morgan fingerprint density at radius 2 is 2.25 bits per heavy atom. The fourth-order valence-corrected chi connectivity index (χ4v) is 1.96. The molecule has 0 aliphatic rings. The van der Waals surface area contributed by atoms with Gasteiger partial charge in [-0.1, -0.05) is 11.8 Å². The number of rotatable bonds is 4. The Hall–Kier alpha value is -1.60. The zero-order chi connectivity index (χ0) is 11.4. The van der Waals surface area contributed by atoms with Crippen LogP contribution >= 0.6 is 11.8 Å². The Morgan fingerprint density at radius 3 is 2.81 bits per heavy atom. The van der Waals surface area contributed by atoms with Gasteiger partial charge in [0.25, 0.3) is 0 Å². The summed E-state index contributed by atoms with van der Waals surface area (Å²) in [5, 5.41) is 0.961. The third-order valence-electron chi connectivity index (χ3n) is 1.98. The zero-order valence-electron chi connectivity index (χ0n) is 8.79. The van der Waals surface area contributed by atoms with Gasteiger partial charge >= 0.3 is 0 Å². The van der Waals surface area contributed by atoms with Crippen molar-refractivity contribution in [1.82, 2.24) is 19.5 Å². The molecule has 0 bridgehead atoms. The first-order valence-corrected chi connectivity index (χ1v) is 5.66. The molecule has 0 spiro atoms. The van der Waals surface area contributed by atoms with Crippen LogP contribution in [0.4, 0.5) is 5.82 Å². The van der Waals surface area contributed by atoms with E-state index in [-0.39, 0.29) is 0 Å². The third-order valence-corrected chi connectivity index (χ3v) is 3.07. The number of aryl methyl sites for hydroxylation is 1. The van der Waals surface area contributed by atoms with Crippen LogP contribution in [0.15, 0.2) is 29.9 Å². The van der Waals surface area contributed by atoms with Gasteiger partial charge in [-0.2, -0.15) is 0 Å². The maximum Gasteiger partial charge on any atom is 0.168 e. The molecule has 0 fully saturated rings. The maximum absolute atomic E-state index is 5.20. The molecule has 0 aliphatic heterocycles. The summed E-state index contributed by atoms with van der Waals surface area (Å²) < 4.78 is 1.97. The lowest BCUT2D eigenvalue weighted by molar-refractivity contribution is 0.789. The molecule has 0 atom stereocenters. The number of hydrogen-bond donors (Lipinski definition) is 2. The molecule has 6 nitrogen and oxygen atoms in total. The molecule has 2 heterocycles. The number of nitrogen functional groups attached to an aromatic ring is 1. The van der Waals surface area contributed by atoms with Crippen molar-refractivity contribution in [2.24, 2.45) is 12.9 Å². The second kappa shape index (κ2) is 4.95. The van der Waals surface area contributed by atoms with Gasteiger partial charge in [0, 0.05) is 25.2 Å². The predicted octanol–water partition coefficient (Wildman–Crippen LogP) is 0.788. The quantitative estimate of drug-likeness (QED) is 0.464. The van der Waals surface area contributed by atoms with E-state index in [2.05, 4.69) is 20.4 Å². The summed E-state index contributed by atoms with van der Waals surface area (Å²) in [6, 6.07) is 0. The molecule has 3 N–H and O–H groups in total. The van der Waals surface area contributed by atoms with Crippen LogP contribution in [0, 0.1) is 0 Å². The molecule has 2 aromatic rings. The van der Waals surface area contributed by atoms with E-state index in [1.54, 1.807) is 30.4 Å². The molecule has 0 aromatic carbocycles. The van der Waals surface area contributed by atoms with E-state index in [1.165, 1.54) is 0 Å². The van der Waals surface area contributed by atoms with Gasteiger partial charge in [-0.25, -0.2) is 15.8 Å². The van der Waals surface area contributed by atoms with Crippen LogP contribution in [0.2, 0.25) is 0 Å². The van der Waals surface area contributed by atoms with Gasteiger partial charge in [0.05, 0.1) is 18.1 Å². The first-order chi connectivity index (χ1) is 7.79. The first-order valence-electron chi connectivity index (χ1n) is 4.67. The molecule has 0 saturated carbocycles. The third kappa shape index (κ3) is 2.50. The van der Waals surface area contributed by atoms with E-state index in [4.69, 9.17) is 5.84 Å². The van der Waals surface area contributed by atoms with E-state index in [9.17, 15) is 0 Å². The van der Waals surface area contributed by atoms with Crippen LogP contribution in [-0.4, -0.2) is 19.5 Å². The summed E-state index contributed by atoms with van der Waals surface area (Å²) >= 11 is 1.62. The number of thioether (sulfide) groups is 1. The molecule has 7 heteroatoms. The van der Waals surface area contributed by atoms with E-state index in [1.807, 2.05) is 17.8 Å². The van der Waals surface area contributed by atoms with E-state index in [0.29, 0.717) is 5.82 Å². The van der Waals surface area contributed by atoms with Gasteiger partial charge in [0.2, 0.25) is 0 Å². The highest BCUT2D eigenvalue weighted by Gasteiger charge is 2.02. The molecule has 0 saturated heterocycles. The second-order valence-electron chi connectivity index (χ2n) is 3.15. The summed E-state index contributed by atoms with van der Waals surface area (Å²) in [5.74, 6) is 6.50. The minimum absolute atomic E-state index is 0.561. The molecule has 2 aromatic heterocycles. The fourth-order valence-electron chi connectivity index (χ4n) is 1.13. The van der Waals surface area contributed by atoms with Crippen LogP contribution in [0.3, 0.4) is 0 Å². The maximum atomic E-state index is 5.20. The van der Waals surface area contributed by atoms with Gasteiger partial charge in [-0.15, -0.1) is 0 Å². The van der Waals surface area contributed by atoms with Crippen molar-refractivity contribution < 1.29 is 0 Å². The highest BCUT2D eigenvalue weighted by atomic mass is 32.2. The minimum Gasteiger partial charge on any atom is -0.329 e. The average Bonchev–Trinajstić information content (AvgIpc) is 2.73. The summed E-state index contributed by atoms with van der Waals surface area (Å²) in [6.07, 6.45) is 6.99. The largest absolute Gasteiger partial charge is 0.329 e. The van der Waals surface area contributed by atoms with Crippen LogP contribution < -0.4 is 11.3 Å². The van der Waals surface area contributed by atoms with E-state index >= 15 is 0 Å². The monoisotopic (exact) mass is 236 g/mol. The van der Waals surface area contributed by atoms with Crippen molar-refractivity contribution in [3.05, 3.63) is 30.5 Å². The number of imidazole rings is 1. The average molecular weight is 236 g/mol. The van der Waals surface area contributed by atoms with Crippen molar-refractivity contribution in [2.45, 2.75) is 10.9 Å². The van der Waals surface area contributed by atoms with E-state index < -0.39 is 0 Å². The summed E-state index contributed by atoms with van der Waals surface area (Å²) in [5.41, 5.74) is 3.33. The normalized spacial score (nSPS) is 10.4. The zero-order valence-corrected chi connectivity index (χ0v) is 9.61. The number of hydrazine groups is 1. The van der Waals surface area contributed by atoms with E-state index in [0.717, 1.165) is 16.6 Å². The molecule has 2 rings (SSSR count). The van der Waals surface area contributed by atoms with Crippen molar-refractivity contribution in [1.29, 1.82) is 0 Å². The topological polar surface area (TPSA) is 81.7 Å². The van der Waals surface area contributed by atoms with Crippen LogP contribution in [0.1, 0.15) is 5.69 Å². The Morgan fingerprint density at radius 1 is 1.38 bits per heavy atom. The summed E-state index contributed by atoms with van der Waals surface area (Å²) in [6.45, 7) is 0. The molecular weight excluding hydrogens is 224 g/mol. The number of anilines is 1. The van der Waals surface area contributed by atoms with Crippen molar-refractivity contribution >= 4 is 17.6 Å². The van der Waals surface area contributed by atoms with Gasteiger partial charge in [-0.3, -0.25) is 4.98 Å². The number of nitrogens with one attached hydrogen (secondary N) is 1. The van der Waals surface area contributed by atoms with Crippen molar-refractivity contribution in [2.75, 3.05) is 5.43 Å². The highest BCUT2D eigenvalue weighted by molar-refractivity contribution is 7.98. The predicted molar refractivity (Wildman–Crippen MR) is 62.6 cm³/mol. The summed E-state index contributed by atoms with van der Waals surface area (Å²) in [7, 11) is 1.96. The van der Waals surface area contributed by atoms with Crippen LogP contribution in [-0.2, 0) is 12.8 Å². The second-order valence-corrected chi connectivity index (χ2v) is 4.09. The van der Waals surface area contributed by atoms with Crippen LogP contribution in [0.25, 0.3) is 0 Å². The molecular formula is C9H12N6S. The SMILES string of the molecule is Cn1ccnc1SCc1cnc(NN)cn1. The molecule has 16 heavy (non-hydrogen) atoms. The molecule has 0 radical (unpaired) electrons. The minimum atomic E-state index is 0.561. The standard InChI is InChI=1S/C9H12N6S/c1-15-3-2-11-9(15)16-6-7-4-13-8(14-10)5-12-7/h2-5H,6,10H2,1H3,(H,13,14). The molecule has 84 valence electrons. The van der Waals surface area contributed by atoms with Gasteiger partial charge in [-0.05, 0) is 0 Å². The Bertz CT molecular complexity index is 451. The number of nitrogens with two attached hydrogens (primary N) is 1. The fraction of sp³-hybridized carbons (Fsp3) is 0.222. The highest BCUT2D eigenvalue weighted by Crippen LogP contribution is 2.18. The molecule has 0 unspecified atom stereocenters. The van der Waals surface area contributed by atoms with Crippen molar-refractivity contribution in [3.63, 3.8) is 0 Å². The number of hydrogen-bond acceptors (Lipinski definition) is 6. The Kier molecular flexibility index (Phi) is 3.37. The van der Waals surface area contributed by atoms with Gasteiger partial charge < -0.3 is 9.99 Å². The van der Waals surface area contributed by atoms with Crippen LogP contribution in [0.5, 0.6) is 0 Å². The van der Waals surface area contributed by atoms with Gasteiger partial charge in [0.1, 0.15) is 0 Å². The lowest BCUT2D eigenvalue weighted by Gasteiger charge is -2.02. The van der Waals surface area contributed by atoms with Crippen molar-refractivity contribution in [3.8, 4) is 0 Å². The number of nitrogens with zero attached hydrogens (tertiary/aromatic N) is 4. The lowest BCUT2D eigenvalue weighted by atomic mass is 10.5. The Balaban J connectivity index is 1.97. The Labute approximate surface area is 97.3 Å². The lowest BCUT2D eigenvalue weighted by Crippen LogP contribution is -2.09. The van der Waals surface area contributed by atoms with Gasteiger partial charge in [0.15, 0.2) is 11.0 Å². The number of aromatic nitrogens is 4. The summed E-state index contributed by atoms with van der Waals surface area (Å²) in [4.78, 5) is 12.5. The molecule has 0 amide bonds.